The van der Waals surface area contributed by atoms with E-state index in [1.165, 1.54) is 19.3 Å². The molecule has 3 heterocycles. The predicted molar refractivity (Wildman–Crippen MR) is 132 cm³/mol. The number of hydrogen-bond donors (Lipinski definition) is 1. The molecule has 4 aromatic rings. The fourth-order valence-corrected chi connectivity index (χ4v) is 4.52. The first-order valence-electron chi connectivity index (χ1n) is 11.7. The number of nitrogens with zero attached hydrogens (tertiary/aromatic N) is 2. The maximum absolute atomic E-state index is 13.9. The highest BCUT2D eigenvalue weighted by atomic mass is 16.5. The van der Waals surface area contributed by atoms with Gasteiger partial charge in [-0.1, -0.05) is 43.5 Å². The first-order chi connectivity index (χ1) is 16.7. The standard InChI is InChI=1S/C28H27N3O3/c1-33-21-15-13-19(14-16-21)24-25(26(32)22-11-5-7-17-29-22)27(23-12-6-8-18-30-23)34-28(24)31-20-9-3-2-4-10-20/h5-8,11-18,20,31H,2-4,9-10H2,1H3. The summed E-state index contributed by atoms with van der Waals surface area (Å²) >= 11 is 0. The van der Waals surface area contributed by atoms with Crippen LogP contribution in [0.15, 0.2) is 77.5 Å². The van der Waals surface area contributed by atoms with Crippen molar-refractivity contribution in [3.63, 3.8) is 0 Å². The average molecular weight is 454 g/mol. The topological polar surface area (TPSA) is 77.2 Å². The minimum Gasteiger partial charge on any atom is -0.497 e. The third-order valence-corrected chi connectivity index (χ3v) is 6.25. The van der Waals surface area contributed by atoms with Crippen LogP contribution < -0.4 is 10.1 Å². The number of methoxy groups -OCH3 is 1. The number of carbonyl (C=O) groups excluding carboxylic acids is 1. The Bertz CT molecular complexity index is 1250. The fraction of sp³-hybridized carbons (Fsp3) is 0.250. The number of ketones is 1. The van der Waals surface area contributed by atoms with Gasteiger partial charge in [0.25, 0.3) is 0 Å². The molecule has 6 nitrogen and oxygen atoms in total. The molecule has 0 aliphatic heterocycles. The van der Waals surface area contributed by atoms with Gasteiger partial charge in [0.15, 0.2) is 5.76 Å². The van der Waals surface area contributed by atoms with Gasteiger partial charge in [-0.05, 0) is 54.8 Å². The largest absolute Gasteiger partial charge is 0.497 e. The number of pyridine rings is 2. The molecule has 1 N–H and O–H groups in total. The molecule has 34 heavy (non-hydrogen) atoms. The van der Waals surface area contributed by atoms with Crippen molar-refractivity contribution in [1.82, 2.24) is 9.97 Å². The lowest BCUT2D eigenvalue weighted by molar-refractivity contribution is 0.103. The lowest BCUT2D eigenvalue weighted by Gasteiger charge is -2.23. The summed E-state index contributed by atoms with van der Waals surface area (Å²) in [6.07, 6.45) is 9.10. The first-order valence-corrected chi connectivity index (χ1v) is 11.7. The number of aromatic nitrogens is 2. The number of benzene rings is 1. The van der Waals surface area contributed by atoms with Crippen molar-refractivity contribution in [3.05, 3.63) is 84.3 Å². The number of hydrogen-bond acceptors (Lipinski definition) is 6. The summed E-state index contributed by atoms with van der Waals surface area (Å²) in [7, 11) is 1.64. The highest BCUT2D eigenvalue weighted by molar-refractivity contribution is 6.16. The van der Waals surface area contributed by atoms with E-state index in [1.54, 1.807) is 31.6 Å². The van der Waals surface area contributed by atoms with E-state index in [9.17, 15) is 4.79 Å². The Labute approximate surface area is 199 Å². The molecule has 0 amide bonds. The molecule has 6 heteroatoms. The van der Waals surface area contributed by atoms with Crippen LogP contribution in [-0.4, -0.2) is 28.9 Å². The molecule has 1 fully saturated rings. The number of nitrogens with one attached hydrogen (secondary N) is 1. The number of carbonyl (C=O) groups is 1. The van der Waals surface area contributed by atoms with Crippen LogP contribution >= 0.6 is 0 Å². The van der Waals surface area contributed by atoms with Crippen LogP contribution in [0.5, 0.6) is 5.75 Å². The second kappa shape index (κ2) is 9.91. The lowest BCUT2D eigenvalue weighted by atomic mass is 9.94. The number of ether oxygens (including phenoxy) is 1. The quantitative estimate of drug-likeness (QED) is 0.327. The highest BCUT2D eigenvalue weighted by Gasteiger charge is 2.30. The fourth-order valence-electron chi connectivity index (χ4n) is 4.52. The van der Waals surface area contributed by atoms with Gasteiger partial charge in [0.05, 0.1) is 18.2 Å². The SMILES string of the molecule is COc1ccc(-c2c(NC3CCCCC3)oc(-c3ccccn3)c2C(=O)c2ccccn2)cc1. The maximum Gasteiger partial charge on any atom is 0.216 e. The second-order valence-electron chi connectivity index (χ2n) is 8.48. The van der Waals surface area contributed by atoms with Gasteiger partial charge in [0.2, 0.25) is 11.7 Å². The lowest BCUT2D eigenvalue weighted by Crippen LogP contribution is -2.22. The third-order valence-electron chi connectivity index (χ3n) is 6.25. The zero-order valence-corrected chi connectivity index (χ0v) is 19.2. The Hall–Kier alpha value is -3.93. The van der Waals surface area contributed by atoms with E-state index in [0.29, 0.717) is 34.6 Å². The van der Waals surface area contributed by atoms with Crippen LogP contribution in [0, 0.1) is 0 Å². The van der Waals surface area contributed by atoms with Crippen molar-refractivity contribution in [2.75, 3.05) is 12.4 Å². The van der Waals surface area contributed by atoms with E-state index in [-0.39, 0.29) is 5.78 Å². The zero-order chi connectivity index (χ0) is 23.3. The molecule has 0 bridgehead atoms. The van der Waals surface area contributed by atoms with Gasteiger partial charge >= 0.3 is 0 Å². The zero-order valence-electron chi connectivity index (χ0n) is 19.2. The minimum absolute atomic E-state index is 0.201. The van der Waals surface area contributed by atoms with Gasteiger partial charge in [0, 0.05) is 18.4 Å². The summed E-state index contributed by atoms with van der Waals surface area (Å²) in [5.74, 6) is 1.58. The monoisotopic (exact) mass is 453 g/mol. The maximum atomic E-state index is 13.9. The molecule has 172 valence electrons. The van der Waals surface area contributed by atoms with Crippen molar-refractivity contribution in [1.29, 1.82) is 0 Å². The molecule has 0 unspecified atom stereocenters. The predicted octanol–water partition coefficient (Wildman–Crippen LogP) is 6.39. The van der Waals surface area contributed by atoms with Crippen LogP contribution in [-0.2, 0) is 0 Å². The van der Waals surface area contributed by atoms with Crippen molar-refractivity contribution < 1.29 is 13.9 Å². The third kappa shape index (κ3) is 4.44. The Morgan fingerprint density at radius 1 is 0.941 bits per heavy atom. The second-order valence-corrected chi connectivity index (χ2v) is 8.48. The number of furan rings is 1. The summed E-state index contributed by atoms with van der Waals surface area (Å²) < 4.78 is 11.8. The molecule has 3 aromatic heterocycles. The first kappa shape index (κ1) is 21.9. The van der Waals surface area contributed by atoms with E-state index in [4.69, 9.17) is 9.15 Å². The van der Waals surface area contributed by atoms with E-state index in [1.807, 2.05) is 48.5 Å². The van der Waals surface area contributed by atoms with Crippen molar-refractivity contribution in [2.45, 2.75) is 38.1 Å². The molecule has 1 saturated carbocycles. The molecule has 1 aromatic carbocycles. The normalized spacial score (nSPS) is 14.0. The Morgan fingerprint density at radius 2 is 1.68 bits per heavy atom. The Balaban J connectivity index is 1.71. The number of anilines is 1. The molecule has 0 saturated heterocycles. The van der Waals surface area contributed by atoms with E-state index in [2.05, 4.69) is 15.3 Å². The Kier molecular flexibility index (Phi) is 6.38. The number of rotatable bonds is 7. The summed E-state index contributed by atoms with van der Waals surface area (Å²) in [5, 5.41) is 3.62. The smallest absolute Gasteiger partial charge is 0.216 e. The molecule has 5 rings (SSSR count). The van der Waals surface area contributed by atoms with E-state index < -0.39 is 0 Å². The molecule has 0 radical (unpaired) electrons. The van der Waals surface area contributed by atoms with Crippen molar-refractivity contribution >= 4 is 11.7 Å². The summed E-state index contributed by atoms with van der Waals surface area (Å²) in [6.45, 7) is 0. The van der Waals surface area contributed by atoms with Crippen LogP contribution in [0.1, 0.15) is 48.2 Å². The van der Waals surface area contributed by atoms with Gasteiger partial charge < -0.3 is 14.5 Å². The molecular weight excluding hydrogens is 426 g/mol. The molecular formula is C28H27N3O3. The van der Waals surface area contributed by atoms with Gasteiger partial charge in [-0.15, -0.1) is 0 Å². The summed E-state index contributed by atoms with van der Waals surface area (Å²) in [6, 6.07) is 18.9. The highest BCUT2D eigenvalue weighted by Crippen LogP contribution is 2.43. The average Bonchev–Trinajstić information content (AvgIpc) is 3.28. The van der Waals surface area contributed by atoms with Gasteiger partial charge in [-0.3, -0.25) is 14.8 Å². The van der Waals surface area contributed by atoms with Crippen molar-refractivity contribution in [2.24, 2.45) is 0 Å². The minimum atomic E-state index is -0.201. The Morgan fingerprint density at radius 3 is 2.32 bits per heavy atom. The summed E-state index contributed by atoms with van der Waals surface area (Å²) in [5.41, 5.74) is 3.02. The van der Waals surface area contributed by atoms with Gasteiger partial charge in [0.1, 0.15) is 17.1 Å². The van der Waals surface area contributed by atoms with Gasteiger partial charge in [-0.25, -0.2) is 0 Å². The molecule has 0 atom stereocenters. The van der Waals surface area contributed by atoms with Gasteiger partial charge in [-0.2, -0.15) is 0 Å². The van der Waals surface area contributed by atoms with Crippen LogP contribution in [0.3, 0.4) is 0 Å². The molecule has 0 spiro atoms. The molecule has 1 aliphatic carbocycles. The summed E-state index contributed by atoms with van der Waals surface area (Å²) in [4.78, 5) is 22.7. The van der Waals surface area contributed by atoms with Crippen molar-refractivity contribution in [3.8, 4) is 28.3 Å². The van der Waals surface area contributed by atoms with Crippen LogP contribution in [0.25, 0.3) is 22.6 Å². The van der Waals surface area contributed by atoms with Crippen LogP contribution in [0.2, 0.25) is 0 Å². The van der Waals surface area contributed by atoms with E-state index in [0.717, 1.165) is 29.7 Å². The van der Waals surface area contributed by atoms with Crippen LogP contribution in [0.4, 0.5) is 5.88 Å². The van der Waals surface area contributed by atoms with E-state index >= 15 is 0 Å². The molecule has 1 aliphatic rings.